The number of nitrogens with one attached hydrogen (secondary N) is 4. The second kappa shape index (κ2) is 9.48. The summed E-state index contributed by atoms with van der Waals surface area (Å²) >= 11 is 0. The fourth-order valence-electron chi connectivity index (χ4n) is 4.41. The number of hydrogen-bond acceptors (Lipinski definition) is 11. The summed E-state index contributed by atoms with van der Waals surface area (Å²) in [6, 6.07) is 13.0. The second-order valence-electron chi connectivity index (χ2n) is 8.77. The Labute approximate surface area is 216 Å². The molecular weight excluding hydrogens is 490 g/mol. The van der Waals surface area contributed by atoms with Gasteiger partial charge in [0.2, 0.25) is 5.82 Å². The molecule has 0 amide bonds. The summed E-state index contributed by atoms with van der Waals surface area (Å²) in [7, 11) is 4.91. The van der Waals surface area contributed by atoms with E-state index in [2.05, 4.69) is 46.2 Å². The van der Waals surface area contributed by atoms with Crippen LogP contribution >= 0.6 is 0 Å². The summed E-state index contributed by atoms with van der Waals surface area (Å²) < 4.78 is 12.4. The van der Waals surface area contributed by atoms with E-state index in [9.17, 15) is 4.79 Å². The third-order valence-electron chi connectivity index (χ3n) is 6.38. The molecule has 0 unspecified atom stereocenters. The zero-order valence-corrected chi connectivity index (χ0v) is 20.9. The second-order valence-corrected chi connectivity index (χ2v) is 8.77. The summed E-state index contributed by atoms with van der Waals surface area (Å²) in [5, 5.41) is 24.2. The summed E-state index contributed by atoms with van der Waals surface area (Å²) in [6.07, 6.45) is 0.219. The maximum absolute atomic E-state index is 13.0. The quantitative estimate of drug-likeness (QED) is 0.239. The Hall–Kier alpha value is -4.98. The van der Waals surface area contributed by atoms with Gasteiger partial charge < -0.3 is 25.0 Å². The lowest BCUT2D eigenvalue weighted by atomic mass is 10.1. The van der Waals surface area contributed by atoms with Crippen molar-refractivity contribution in [3.05, 3.63) is 52.8 Å². The average molecular weight is 516 g/mol. The Bertz CT molecular complexity index is 1660. The molecule has 14 heteroatoms. The number of anilines is 5. The number of fused-ring (bicyclic) bond motifs is 1. The Morgan fingerprint density at radius 1 is 1.03 bits per heavy atom. The first-order valence-electron chi connectivity index (χ1n) is 11.8. The highest BCUT2D eigenvalue weighted by Gasteiger charge is 2.27. The van der Waals surface area contributed by atoms with Crippen LogP contribution < -0.4 is 25.8 Å². The number of ether oxygens (including phenoxy) is 2. The van der Waals surface area contributed by atoms with Crippen molar-refractivity contribution >= 4 is 39.9 Å². The molecule has 1 saturated heterocycles. The number of nitrogens with zero attached hydrogens (tertiary/aromatic N) is 7. The van der Waals surface area contributed by atoms with Gasteiger partial charge in [-0.25, -0.2) is 9.97 Å². The van der Waals surface area contributed by atoms with E-state index in [1.54, 1.807) is 27.3 Å². The number of rotatable bonds is 8. The SMILES string of the molecule is COc1c(Nc2cc(Nc3cccc(N4CC(OC)C4)n3)nc3[nH]n(C)c(=O)c23)cccc1-c1nn[nH]n1. The Balaban J connectivity index is 1.37. The van der Waals surface area contributed by atoms with Gasteiger partial charge >= 0.3 is 0 Å². The predicted molar refractivity (Wildman–Crippen MR) is 141 cm³/mol. The molecule has 6 rings (SSSR count). The first-order valence-corrected chi connectivity index (χ1v) is 11.8. The number of methoxy groups -OCH3 is 2. The summed E-state index contributed by atoms with van der Waals surface area (Å²) in [4.78, 5) is 24.5. The number of pyridine rings is 2. The van der Waals surface area contributed by atoms with Gasteiger partial charge in [-0.1, -0.05) is 12.1 Å². The molecule has 1 aromatic carbocycles. The molecule has 5 aromatic rings. The maximum Gasteiger partial charge on any atom is 0.277 e. The minimum atomic E-state index is -0.222. The number of aryl methyl sites for hydroxylation is 1. The minimum Gasteiger partial charge on any atom is -0.494 e. The van der Waals surface area contributed by atoms with Crippen molar-refractivity contribution in [3.63, 3.8) is 0 Å². The third kappa shape index (κ3) is 4.16. The normalized spacial score (nSPS) is 13.5. The Kier molecular flexibility index (Phi) is 5.84. The molecule has 38 heavy (non-hydrogen) atoms. The van der Waals surface area contributed by atoms with Crippen LogP contribution in [0.2, 0.25) is 0 Å². The van der Waals surface area contributed by atoms with Crippen LogP contribution in [0.15, 0.2) is 47.3 Å². The molecule has 0 atom stereocenters. The van der Waals surface area contributed by atoms with Gasteiger partial charge in [-0.05, 0) is 29.5 Å². The standard InChI is InChI=1S/C24H25N11O3/c1-34-24(36)20-16(25-15-7-4-6-14(21(15)38-3)22-29-32-33-30-22)10-18(28-23(20)31-34)26-17-8-5-9-19(27-17)35-11-13(12-35)37-2/h4-10,13H,11-12H2,1-3H3,(H,29,30,32,33)(H3,25,26,27,28,31). The van der Waals surface area contributed by atoms with Gasteiger partial charge in [0.1, 0.15) is 22.8 Å². The van der Waals surface area contributed by atoms with E-state index in [-0.39, 0.29) is 11.7 Å². The van der Waals surface area contributed by atoms with Crippen LogP contribution in [0, 0.1) is 0 Å². The molecule has 5 heterocycles. The van der Waals surface area contributed by atoms with Gasteiger partial charge in [-0.15, -0.1) is 10.2 Å². The van der Waals surface area contributed by atoms with Gasteiger partial charge in [-0.3, -0.25) is 14.6 Å². The summed E-state index contributed by atoms with van der Waals surface area (Å²) in [6.45, 7) is 1.59. The van der Waals surface area contributed by atoms with Crippen LogP contribution in [0.1, 0.15) is 0 Å². The monoisotopic (exact) mass is 515 g/mol. The van der Waals surface area contributed by atoms with Gasteiger partial charge in [0.05, 0.1) is 30.2 Å². The zero-order chi connectivity index (χ0) is 26.2. The number of aromatic nitrogens is 8. The van der Waals surface area contributed by atoms with Crippen molar-refractivity contribution in [3.8, 4) is 17.1 Å². The van der Waals surface area contributed by atoms with Crippen molar-refractivity contribution in [1.82, 2.24) is 40.4 Å². The minimum absolute atomic E-state index is 0.219. The molecule has 4 aromatic heterocycles. The van der Waals surface area contributed by atoms with Crippen LogP contribution in [0.4, 0.5) is 28.8 Å². The highest BCUT2D eigenvalue weighted by Crippen LogP contribution is 2.37. The number of hydrogen-bond donors (Lipinski definition) is 4. The summed E-state index contributed by atoms with van der Waals surface area (Å²) in [5.41, 5.74) is 1.98. The molecule has 14 nitrogen and oxygen atoms in total. The maximum atomic E-state index is 13.0. The van der Waals surface area contributed by atoms with Gasteiger partial charge in [0.25, 0.3) is 5.56 Å². The van der Waals surface area contributed by atoms with Gasteiger partial charge in [-0.2, -0.15) is 5.21 Å². The van der Waals surface area contributed by atoms with Crippen LogP contribution in [0.3, 0.4) is 0 Å². The summed E-state index contributed by atoms with van der Waals surface area (Å²) in [5.74, 6) is 2.85. The largest absolute Gasteiger partial charge is 0.494 e. The van der Waals surface area contributed by atoms with E-state index in [4.69, 9.17) is 14.5 Å². The first-order chi connectivity index (χ1) is 18.5. The molecule has 0 saturated carbocycles. The van der Waals surface area contributed by atoms with E-state index >= 15 is 0 Å². The molecule has 4 N–H and O–H groups in total. The van der Waals surface area contributed by atoms with Crippen LogP contribution in [-0.4, -0.2) is 73.8 Å². The predicted octanol–water partition coefficient (Wildman–Crippen LogP) is 2.17. The molecule has 0 aliphatic carbocycles. The van der Waals surface area contributed by atoms with Gasteiger partial charge in [0.15, 0.2) is 11.4 Å². The molecule has 0 bridgehead atoms. The Morgan fingerprint density at radius 2 is 1.87 bits per heavy atom. The molecule has 0 spiro atoms. The number of aromatic amines is 2. The molecule has 194 valence electrons. The van der Waals surface area contributed by atoms with Crippen molar-refractivity contribution in [1.29, 1.82) is 0 Å². The molecule has 1 fully saturated rings. The topological polar surface area (TPSA) is 164 Å². The lowest BCUT2D eigenvalue weighted by Gasteiger charge is -2.39. The fourth-order valence-corrected chi connectivity index (χ4v) is 4.41. The van der Waals surface area contributed by atoms with Crippen LogP contribution in [-0.2, 0) is 11.8 Å². The lowest BCUT2D eigenvalue weighted by Crippen LogP contribution is -2.52. The van der Waals surface area contributed by atoms with Crippen molar-refractivity contribution < 1.29 is 9.47 Å². The smallest absolute Gasteiger partial charge is 0.277 e. The van der Waals surface area contributed by atoms with Crippen molar-refractivity contribution in [2.24, 2.45) is 7.05 Å². The van der Waals surface area contributed by atoms with E-state index in [0.717, 1.165) is 18.9 Å². The van der Waals surface area contributed by atoms with E-state index in [0.29, 0.717) is 51.2 Å². The number of benzene rings is 1. The average Bonchev–Trinajstić information content (AvgIpc) is 3.52. The first kappa shape index (κ1) is 23.4. The third-order valence-corrected chi connectivity index (χ3v) is 6.38. The van der Waals surface area contributed by atoms with Crippen LogP contribution in [0.5, 0.6) is 5.75 Å². The fraction of sp³-hybridized carbons (Fsp3) is 0.250. The van der Waals surface area contributed by atoms with Crippen molar-refractivity contribution in [2.75, 3.05) is 42.8 Å². The highest BCUT2D eigenvalue weighted by molar-refractivity contribution is 5.94. The molecule has 1 aliphatic heterocycles. The van der Waals surface area contributed by atoms with Crippen LogP contribution in [0.25, 0.3) is 22.4 Å². The Morgan fingerprint density at radius 3 is 2.63 bits per heavy atom. The van der Waals surface area contributed by atoms with Crippen molar-refractivity contribution in [2.45, 2.75) is 6.10 Å². The zero-order valence-electron chi connectivity index (χ0n) is 20.9. The molecular formula is C24H25N11O3. The number of para-hydroxylation sites is 1. The van der Waals surface area contributed by atoms with E-state index in [1.807, 2.05) is 36.4 Å². The molecule has 0 radical (unpaired) electrons. The highest BCUT2D eigenvalue weighted by atomic mass is 16.5. The lowest BCUT2D eigenvalue weighted by molar-refractivity contribution is 0.0783. The molecule has 1 aliphatic rings. The number of tetrazole rings is 1. The van der Waals surface area contributed by atoms with Gasteiger partial charge in [0, 0.05) is 33.3 Å². The van der Waals surface area contributed by atoms with E-state index < -0.39 is 0 Å². The number of H-pyrrole nitrogens is 2. The van der Waals surface area contributed by atoms with E-state index in [1.165, 1.54) is 4.68 Å².